The lowest BCUT2D eigenvalue weighted by atomic mass is 9.83. The zero-order valence-corrected chi connectivity index (χ0v) is 67.8. The van der Waals surface area contributed by atoms with Crippen molar-refractivity contribution < 1.29 is 90.3 Å². The number of pyridine rings is 4. The quantitative estimate of drug-likeness (QED) is 0.0431. The van der Waals surface area contributed by atoms with Gasteiger partial charge < -0.3 is 92.2 Å². The van der Waals surface area contributed by atoms with Crippen LogP contribution in [0.2, 0.25) is 20.6 Å². The van der Waals surface area contributed by atoms with Gasteiger partial charge in [0.05, 0.1) is 105 Å². The molecule has 11 heterocycles. The lowest BCUT2D eigenvalue weighted by Gasteiger charge is -2.39. The van der Waals surface area contributed by atoms with E-state index >= 15 is 0 Å². The van der Waals surface area contributed by atoms with Gasteiger partial charge in [-0.1, -0.05) is 46.4 Å². The molecule has 6 N–H and O–H groups in total. The van der Waals surface area contributed by atoms with E-state index in [1.165, 1.54) is 23.5 Å². The molecule has 108 heavy (non-hydrogen) atoms. The van der Waals surface area contributed by atoms with E-state index < -0.39 is 29.5 Å². The molecule has 6 aliphatic rings. The Bertz CT molecular complexity index is 4100. The molecule has 7 aromatic heterocycles. The van der Waals surface area contributed by atoms with Crippen LogP contribution >= 0.6 is 78.3 Å². The summed E-state index contributed by atoms with van der Waals surface area (Å²) in [5.41, 5.74) is 6.51. The summed E-state index contributed by atoms with van der Waals surface area (Å²) in [5.74, 6) is 1.90. The van der Waals surface area contributed by atoms with Crippen molar-refractivity contribution in [3.8, 4) is 39.9 Å². The number of anilines is 1. The van der Waals surface area contributed by atoms with Crippen LogP contribution in [0.5, 0.6) is 17.6 Å². The number of primary amides is 1. The minimum atomic E-state index is -1.41. The molecule has 4 saturated heterocycles. The number of furan rings is 3. The first-order valence-electron chi connectivity index (χ1n) is 34.1. The van der Waals surface area contributed by atoms with E-state index in [0.29, 0.717) is 102 Å². The van der Waals surface area contributed by atoms with Crippen LogP contribution in [-0.4, -0.2) is 197 Å². The average Bonchev–Trinajstić information content (AvgIpc) is 1.55. The molecule has 0 radical (unpaired) electrons. The van der Waals surface area contributed by atoms with Crippen LogP contribution in [-0.2, 0) is 28.5 Å². The van der Waals surface area contributed by atoms with Gasteiger partial charge in [0, 0.05) is 39.6 Å². The Kier molecular flexibility index (Phi) is 31.5. The van der Waals surface area contributed by atoms with Gasteiger partial charge in [-0.3, -0.25) is 9.59 Å². The molecule has 0 unspecified atom stereocenters. The van der Waals surface area contributed by atoms with E-state index in [4.69, 9.17) is 109 Å². The fourth-order valence-corrected chi connectivity index (χ4v) is 10.2. The van der Waals surface area contributed by atoms with Crippen LogP contribution in [0.4, 0.5) is 25.0 Å². The smallest absolute Gasteiger partial charge is 0.473 e. The lowest BCUT2D eigenvalue weighted by Crippen LogP contribution is -2.57. The van der Waals surface area contributed by atoms with Gasteiger partial charge in [0.15, 0.2) is 0 Å². The number of ether oxygens (including phenoxy) is 7. The highest BCUT2D eigenvalue weighted by atomic mass is 79.9. The Morgan fingerprint density at radius 2 is 0.843 bits per heavy atom. The minimum Gasteiger partial charge on any atom is -0.473 e. The first-order chi connectivity index (χ1) is 50.5. The lowest BCUT2D eigenvalue weighted by molar-refractivity contribution is -0.119. The van der Waals surface area contributed by atoms with E-state index in [2.05, 4.69) is 61.5 Å². The number of halogens is 6. The fraction of sp³-hybridized carbons (Fsp3) is 0.472. The van der Waals surface area contributed by atoms with E-state index in [1.807, 2.05) is 107 Å². The van der Waals surface area contributed by atoms with Crippen molar-refractivity contribution in [1.29, 1.82) is 0 Å². The second kappa shape index (κ2) is 39.0. The molecule has 0 atom stereocenters. The Morgan fingerprint density at radius 3 is 1.18 bits per heavy atom. The summed E-state index contributed by atoms with van der Waals surface area (Å²) in [4.78, 5) is 91.9. The van der Waals surface area contributed by atoms with Gasteiger partial charge in [0.25, 0.3) is 0 Å². The highest BCUT2D eigenvalue weighted by Gasteiger charge is 2.40. The molecule has 2 saturated carbocycles. The number of likely N-dealkylation sites (tertiary alicyclic amines) is 4. The number of hydrogen-bond donors (Lipinski definition) is 5. The van der Waals surface area contributed by atoms with Crippen LogP contribution in [0, 0.1) is 11.8 Å². The zero-order valence-electron chi connectivity index (χ0n) is 61.6. The summed E-state index contributed by atoms with van der Waals surface area (Å²) in [6, 6.07) is 19.1. The third kappa shape index (κ3) is 30.1. The summed E-state index contributed by atoms with van der Waals surface area (Å²) >= 11 is 29.4. The largest absolute Gasteiger partial charge is 0.491 e. The topological polar surface area (TPSA) is 370 Å². The van der Waals surface area contributed by atoms with E-state index in [9.17, 15) is 28.8 Å². The highest BCUT2D eigenvalue weighted by Crippen LogP contribution is 2.36. The maximum Gasteiger partial charge on any atom is 0.491 e. The molecule has 0 spiro atoms. The maximum atomic E-state index is 12.1. The fourth-order valence-electron chi connectivity index (χ4n) is 8.99. The number of aliphatic hydroxyl groups excluding tert-OH is 1. The second-order valence-corrected chi connectivity index (χ2v) is 32.4. The number of carbonyl (C=O) groups excluding carboxylic acids is 6. The van der Waals surface area contributed by atoms with Gasteiger partial charge in [-0.2, -0.15) is 4.98 Å². The molecular weight excluding hydrogens is 1620 g/mol. The first-order valence-corrected chi connectivity index (χ1v) is 37.2. The summed E-state index contributed by atoms with van der Waals surface area (Å²) in [7, 11) is -1.41. The van der Waals surface area contributed by atoms with Crippen molar-refractivity contribution in [2.24, 2.45) is 17.6 Å². The number of aliphatic hydroxyl groups is 1. The number of nitrogens with zero attached hydrogens (tertiary/aromatic N) is 8. The Labute approximate surface area is 663 Å². The summed E-state index contributed by atoms with van der Waals surface area (Å²) < 4.78 is 55.0. The monoisotopic (exact) mass is 1710 g/mol. The average molecular weight is 1710 g/mol. The number of hydrogen-bond acceptors (Lipinski definition) is 23. The SMILES string of the molecule is CC(C)(C)OC(=O)N1CC(O)C1.CC(C)(C)OC(=O)N1CC(Oc2nc(Cl)ccc2-c2ccoc2)C1.CC(C)(C)OC(=O)N1CC(Oc2nc(Cl)ccc2Br)C1.CC(C)(C)OC(=O)N1CC(Oc2nc(NC(=O)C3CC3)ccc2-c2ccoc2)C1.Clc1ccc(Br)c(Cl)n1.NC(=O)C1CC1.OB(O)c1ccoc1. The van der Waals surface area contributed by atoms with E-state index in [1.54, 1.807) is 76.2 Å². The number of aromatic nitrogens is 4. The Hall–Kier alpha value is -8.08. The molecule has 586 valence electrons. The number of rotatable bonds is 12. The minimum absolute atomic E-state index is 0.0146. The third-order valence-electron chi connectivity index (χ3n) is 14.8. The summed E-state index contributed by atoms with van der Waals surface area (Å²) in [6.45, 7) is 25.5. The first kappa shape index (κ1) is 87.2. The van der Waals surface area contributed by atoms with Crippen LogP contribution < -0.4 is 30.7 Å². The van der Waals surface area contributed by atoms with Crippen molar-refractivity contribution in [3.05, 3.63) is 134 Å². The van der Waals surface area contributed by atoms with Crippen molar-refractivity contribution >= 4 is 133 Å². The van der Waals surface area contributed by atoms with Crippen molar-refractivity contribution in [2.45, 2.75) is 156 Å². The molecule has 0 bridgehead atoms. The number of nitrogens with two attached hydrogens (primary N) is 1. The molecule has 2 aliphatic carbocycles. The van der Waals surface area contributed by atoms with Gasteiger partial charge >= 0.3 is 31.5 Å². The molecule has 7 aromatic rings. The van der Waals surface area contributed by atoms with E-state index in [0.717, 1.165) is 56.9 Å². The van der Waals surface area contributed by atoms with Gasteiger partial charge in [-0.25, -0.2) is 34.1 Å². The Morgan fingerprint density at radius 1 is 0.481 bits per heavy atom. The van der Waals surface area contributed by atoms with Crippen LogP contribution in [0.15, 0.2) is 127 Å². The molecule has 0 aromatic carbocycles. The number of nitrogens with one attached hydrogen (secondary N) is 1. The van der Waals surface area contributed by atoms with Gasteiger partial charge in [-0.15, -0.1) is 0 Å². The predicted molar refractivity (Wildman–Crippen MR) is 410 cm³/mol. The van der Waals surface area contributed by atoms with Crippen molar-refractivity contribution in [2.75, 3.05) is 57.7 Å². The molecule has 6 amide bonds. The number of β-amino-alcohol motifs (C(OH)–C–C–N with tert-alkyl or cyclic N) is 1. The van der Waals surface area contributed by atoms with Crippen LogP contribution in [0.1, 0.15) is 109 Å². The molecule has 13 rings (SSSR count). The second-order valence-electron chi connectivity index (χ2n) is 29.2. The Balaban J connectivity index is 0.000000186. The molecule has 36 heteroatoms. The van der Waals surface area contributed by atoms with Crippen LogP contribution in [0.3, 0.4) is 0 Å². The normalized spacial score (nSPS) is 15.5. The number of carbonyl (C=O) groups is 6. The van der Waals surface area contributed by atoms with Crippen molar-refractivity contribution in [3.63, 3.8) is 0 Å². The molecular formula is C72H89BBr2Cl4N10O19. The zero-order chi connectivity index (χ0) is 79.6. The molecule has 6 fully saturated rings. The van der Waals surface area contributed by atoms with Gasteiger partial charge in [0.1, 0.15) is 67.1 Å². The predicted octanol–water partition coefficient (Wildman–Crippen LogP) is 13.8. The van der Waals surface area contributed by atoms with E-state index in [-0.39, 0.29) is 72.4 Å². The molecule has 4 aliphatic heterocycles. The third-order valence-corrected chi connectivity index (χ3v) is 17.2. The van der Waals surface area contributed by atoms with Crippen molar-refractivity contribution in [1.82, 2.24) is 39.5 Å². The summed E-state index contributed by atoms with van der Waals surface area (Å²) in [5, 5.41) is 30.1. The standard InChI is InChI=1S/C21H25N3O5.C17H19ClN2O4.C13H16BrClN2O3.C8H15NO3.C5H2BrCl2N.C4H5BO3.C4H7NO/c1-21(2,3)29-20(26)24-10-15(11-24)28-19-16(14-8-9-27-12-14)6-7-17(23-19)22-18(25)13-4-5-13;1-17(2,3)24-16(21)20-8-12(9-20)23-15-13(4-5-14(18)19-15)11-6-7-22-10-11;1-13(2,3)20-12(18)17-6-8(7-17)19-11-9(14)4-5-10(15)16-11;1-8(2,3)12-7(11)9-4-6(10)5-9;6-3-1-2-4(7)9-5(3)8;6-5(7)4-1-2-8-3-4;5-4(6)3-1-2-3/h6-9,12-13,15H,4-5,10-11H2,1-3H3,(H,22,23,25);4-7,10,12H,8-9H2,1-3H3;4-5,8H,6-7H2,1-3H3;6,10H,4-5H2,1-3H3;1-2H;1-3,6-7H;3H,1-2H2,(H2,5,6). The van der Waals surface area contributed by atoms with Gasteiger partial charge in [-0.05, 0) is 207 Å². The summed E-state index contributed by atoms with van der Waals surface area (Å²) in [6.07, 6.45) is 10.8. The van der Waals surface area contributed by atoms with Gasteiger partial charge in [0.2, 0.25) is 29.5 Å². The van der Waals surface area contributed by atoms with Crippen LogP contribution in [0.25, 0.3) is 22.3 Å². The maximum absolute atomic E-state index is 12.1. The highest BCUT2D eigenvalue weighted by molar-refractivity contribution is 9.10. The molecule has 29 nitrogen and oxygen atoms in total. The number of amides is 6.